The van der Waals surface area contributed by atoms with Crippen molar-refractivity contribution < 1.29 is 9.47 Å². The number of likely N-dealkylation sites (N-methyl/N-ethyl adjacent to an activating group) is 1. The molecule has 0 fully saturated rings. The molecule has 0 saturated carbocycles. The topological polar surface area (TPSA) is 30.5 Å². The second kappa shape index (κ2) is 5.88. The molecule has 0 radical (unpaired) electrons. The molecule has 0 aromatic heterocycles. The molecule has 1 N–H and O–H groups in total. The molecular formula is C10H14BrNO2. The number of rotatable bonds is 5. The Labute approximate surface area is 92.5 Å². The van der Waals surface area contributed by atoms with Crippen molar-refractivity contribution in [3.8, 4) is 11.5 Å². The van der Waals surface area contributed by atoms with Gasteiger partial charge in [0.2, 0.25) is 0 Å². The fourth-order valence-corrected chi connectivity index (χ4v) is 1.51. The Bertz CT molecular complexity index is 291. The molecule has 14 heavy (non-hydrogen) atoms. The molecule has 1 aromatic rings. The molecule has 0 bridgehead atoms. The van der Waals surface area contributed by atoms with Gasteiger partial charge in [-0.3, -0.25) is 0 Å². The first-order valence-corrected chi connectivity index (χ1v) is 5.18. The fraction of sp³-hybridized carbons (Fsp3) is 0.400. The Morgan fingerprint density at radius 2 is 2.21 bits per heavy atom. The van der Waals surface area contributed by atoms with Crippen molar-refractivity contribution in [1.29, 1.82) is 0 Å². The average Bonchev–Trinajstić information content (AvgIpc) is 2.20. The van der Waals surface area contributed by atoms with Crippen LogP contribution in [0.5, 0.6) is 11.5 Å². The second-order valence-corrected chi connectivity index (χ2v) is 3.58. The van der Waals surface area contributed by atoms with Crippen LogP contribution in [0.4, 0.5) is 0 Å². The molecule has 4 heteroatoms. The third-order valence-corrected chi connectivity index (χ3v) is 2.37. The van der Waals surface area contributed by atoms with Gasteiger partial charge < -0.3 is 14.8 Å². The maximum atomic E-state index is 5.56. The van der Waals surface area contributed by atoms with Crippen molar-refractivity contribution in [3.63, 3.8) is 0 Å². The predicted octanol–water partition coefficient (Wildman–Crippen LogP) is 2.06. The summed E-state index contributed by atoms with van der Waals surface area (Å²) in [5, 5.41) is 3.01. The minimum absolute atomic E-state index is 0.621. The quantitative estimate of drug-likeness (QED) is 0.822. The number of nitrogens with one attached hydrogen (secondary N) is 1. The highest BCUT2D eigenvalue weighted by Crippen LogP contribution is 2.34. The molecule has 0 unspecified atom stereocenters. The third-order valence-electron chi connectivity index (χ3n) is 1.75. The zero-order valence-electron chi connectivity index (χ0n) is 8.34. The molecule has 1 rings (SSSR count). The highest BCUT2D eigenvalue weighted by molar-refractivity contribution is 9.10. The Balaban J connectivity index is 2.72. The van der Waals surface area contributed by atoms with Gasteiger partial charge in [0.15, 0.2) is 11.5 Å². The largest absolute Gasteiger partial charge is 0.493 e. The van der Waals surface area contributed by atoms with E-state index in [1.807, 2.05) is 25.2 Å². The van der Waals surface area contributed by atoms with Crippen LogP contribution in [0.1, 0.15) is 0 Å². The van der Waals surface area contributed by atoms with E-state index in [1.165, 1.54) is 0 Å². The molecular weight excluding hydrogens is 246 g/mol. The molecule has 3 nitrogen and oxygen atoms in total. The predicted molar refractivity (Wildman–Crippen MR) is 60.1 cm³/mol. The summed E-state index contributed by atoms with van der Waals surface area (Å²) >= 11 is 3.41. The third kappa shape index (κ3) is 2.89. The number of halogens is 1. The first kappa shape index (κ1) is 11.3. The minimum Gasteiger partial charge on any atom is -0.493 e. The van der Waals surface area contributed by atoms with E-state index >= 15 is 0 Å². The molecule has 0 aliphatic rings. The van der Waals surface area contributed by atoms with Crippen molar-refractivity contribution in [2.45, 2.75) is 0 Å². The van der Waals surface area contributed by atoms with E-state index < -0.39 is 0 Å². The first-order valence-electron chi connectivity index (χ1n) is 4.39. The van der Waals surface area contributed by atoms with Crippen LogP contribution in [-0.4, -0.2) is 27.3 Å². The number of methoxy groups -OCH3 is 1. The summed E-state index contributed by atoms with van der Waals surface area (Å²) in [4.78, 5) is 0. The smallest absolute Gasteiger partial charge is 0.175 e. The summed E-state index contributed by atoms with van der Waals surface area (Å²) in [5.41, 5.74) is 0. The maximum absolute atomic E-state index is 5.56. The lowest BCUT2D eigenvalue weighted by atomic mass is 10.3. The number of benzene rings is 1. The summed E-state index contributed by atoms with van der Waals surface area (Å²) < 4.78 is 11.7. The van der Waals surface area contributed by atoms with Crippen molar-refractivity contribution in [2.75, 3.05) is 27.3 Å². The summed E-state index contributed by atoms with van der Waals surface area (Å²) in [6, 6.07) is 5.71. The molecule has 0 heterocycles. The highest BCUT2D eigenvalue weighted by Gasteiger charge is 2.07. The maximum Gasteiger partial charge on any atom is 0.175 e. The van der Waals surface area contributed by atoms with Crippen molar-refractivity contribution in [1.82, 2.24) is 5.32 Å². The zero-order chi connectivity index (χ0) is 10.4. The van der Waals surface area contributed by atoms with Gasteiger partial charge in [0.05, 0.1) is 11.6 Å². The van der Waals surface area contributed by atoms with Crippen LogP contribution in [0, 0.1) is 0 Å². The first-order chi connectivity index (χ1) is 6.79. The lowest BCUT2D eigenvalue weighted by Crippen LogP contribution is -2.16. The van der Waals surface area contributed by atoms with Crippen LogP contribution in [0.3, 0.4) is 0 Å². The summed E-state index contributed by atoms with van der Waals surface area (Å²) in [6.07, 6.45) is 0. The van der Waals surface area contributed by atoms with Crippen LogP contribution in [0.25, 0.3) is 0 Å². The molecule has 0 atom stereocenters. The monoisotopic (exact) mass is 259 g/mol. The lowest BCUT2D eigenvalue weighted by Gasteiger charge is -2.11. The number of ether oxygens (including phenoxy) is 2. The van der Waals surface area contributed by atoms with Crippen molar-refractivity contribution >= 4 is 15.9 Å². The van der Waals surface area contributed by atoms with E-state index in [1.54, 1.807) is 7.11 Å². The molecule has 0 saturated heterocycles. The van der Waals surface area contributed by atoms with Gasteiger partial charge in [0.1, 0.15) is 6.61 Å². The molecule has 0 amide bonds. The van der Waals surface area contributed by atoms with Crippen molar-refractivity contribution in [2.24, 2.45) is 0 Å². The molecule has 0 aliphatic heterocycles. The molecule has 0 aliphatic carbocycles. The Hall–Kier alpha value is -0.740. The summed E-state index contributed by atoms with van der Waals surface area (Å²) in [5.74, 6) is 1.50. The van der Waals surface area contributed by atoms with Crippen LogP contribution >= 0.6 is 15.9 Å². The van der Waals surface area contributed by atoms with E-state index in [0.717, 1.165) is 22.5 Å². The van der Waals surface area contributed by atoms with Gasteiger partial charge in [-0.25, -0.2) is 0 Å². The normalized spacial score (nSPS) is 9.93. The standard InChI is InChI=1S/C10H14BrNO2/c1-12-6-7-14-10-8(11)4-3-5-9(10)13-2/h3-5,12H,6-7H2,1-2H3. The number of hydrogen-bond donors (Lipinski definition) is 1. The summed E-state index contributed by atoms with van der Waals surface area (Å²) in [6.45, 7) is 1.43. The van der Waals surface area contributed by atoms with Gasteiger partial charge in [-0.15, -0.1) is 0 Å². The Morgan fingerprint density at radius 1 is 1.43 bits per heavy atom. The number of hydrogen-bond acceptors (Lipinski definition) is 3. The Morgan fingerprint density at radius 3 is 2.86 bits per heavy atom. The molecule has 78 valence electrons. The van der Waals surface area contributed by atoms with Gasteiger partial charge >= 0.3 is 0 Å². The lowest BCUT2D eigenvalue weighted by molar-refractivity contribution is 0.293. The van der Waals surface area contributed by atoms with E-state index in [-0.39, 0.29) is 0 Å². The highest BCUT2D eigenvalue weighted by atomic mass is 79.9. The van der Waals surface area contributed by atoms with Gasteiger partial charge in [0.25, 0.3) is 0 Å². The second-order valence-electron chi connectivity index (χ2n) is 2.72. The van der Waals surface area contributed by atoms with Gasteiger partial charge in [0, 0.05) is 6.54 Å². The fourth-order valence-electron chi connectivity index (χ4n) is 1.05. The minimum atomic E-state index is 0.621. The van der Waals surface area contributed by atoms with E-state index in [2.05, 4.69) is 21.2 Å². The average molecular weight is 260 g/mol. The van der Waals surface area contributed by atoms with E-state index in [0.29, 0.717) is 6.61 Å². The SMILES string of the molecule is CNCCOc1c(Br)cccc1OC. The van der Waals surface area contributed by atoms with Gasteiger partial charge in [-0.1, -0.05) is 6.07 Å². The van der Waals surface area contributed by atoms with Gasteiger partial charge in [-0.2, -0.15) is 0 Å². The molecule has 0 spiro atoms. The summed E-state index contributed by atoms with van der Waals surface area (Å²) in [7, 11) is 3.52. The van der Waals surface area contributed by atoms with E-state index in [9.17, 15) is 0 Å². The van der Waals surface area contributed by atoms with Crippen LogP contribution in [-0.2, 0) is 0 Å². The number of para-hydroxylation sites is 1. The van der Waals surface area contributed by atoms with E-state index in [4.69, 9.17) is 9.47 Å². The van der Waals surface area contributed by atoms with Crippen LogP contribution < -0.4 is 14.8 Å². The Kier molecular flexibility index (Phi) is 4.76. The zero-order valence-corrected chi connectivity index (χ0v) is 9.93. The van der Waals surface area contributed by atoms with Crippen LogP contribution in [0.2, 0.25) is 0 Å². The van der Waals surface area contributed by atoms with Crippen molar-refractivity contribution in [3.05, 3.63) is 22.7 Å². The molecule has 1 aromatic carbocycles. The van der Waals surface area contributed by atoms with Crippen LogP contribution in [0.15, 0.2) is 22.7 Å². The van der Waals surface area contributed by atoms with Gasteiger partial charge in [-0.05, 0) is 35.1 Å².